The van der Waals surface area contributed by atoms with Gasteiger partial charge in [0.15, 0.2) is 0 Å². The summed E-state index contributed by atoms with van der Waals surface area (Å²) in [5.41, 5.74) is 1.51. The molecule has 0 bridgehead atoms. The molecule has 0 fully saturated rings. The van der Waals surface area contributed by atoms with E-state index in [0.717, 1.165) is 11.5 Å². The Labute approximate surface area is 173 Å². The average molecular weight is 481 g/mol. The van der Waals surface area contributed by atoms with Crippen LogP contribution >= 0.6 is 0 Å². The van der Waals surface area contributed by atoms with Crippen molar-refractivity contribution in [3.05, 3.63) is 84.4 Å². The van der Waals surface area contributed by atoms with Gasteiger partial charge in [-0.3, -0.25) is 0 Å². The average Bonchev–Trinajstić information content (AvgIpc) is 2.74. The van der Waals surface area contributed by atoms with Crippen LogP contribution in [-0.4, -0.2) is 32.6 Å². The minimum atomic E-state index is -2.95. The molecule has 0 radical (unpaired) electrons. The third-order valence-electron chi connectivity index (χ3n) is 5.81. The van der Waals surface area contributed by atoms with Crippen LogP contribution in [-0.2, 0) is 5.41 Å². The summed E-state index contributed by atoms with van der Waals surface area (Å²) in [6.07, 6.45) is 0. The molecule has 3 aromatic carbocycles. The molecule has 0 aliphatic carbocycles. The van der Waals surface area contributed by atoms with E-state index in [1.54, 1.807) is 14.2 Å². The van der Waals surface area contributed by atoms with E-state index in [1.807, 2.05) is 0 Å². The topological polar surface area (TPSA) is 18.5 Å². The summed E-state index contributed by atoms with van der Waals surface area (Å²) in [5, 5.41) is 0. The van der Waals surface area contributed by atoms with E-state index in [2.05, 4.69) is 97.6 Å². The van der Waals surface area contributed by atoms with Gasteiger partial charge < -0.3 is 0 Å². The van der Waals surface area contributed by atoms with Crippen LogP contribution in [0.15, 0.2) is 78.9 Å². The number of hydrogen-bond acceptors (Lipinski definition) is 2. The molecule has 28 heavy (non-hydrogen) atoms. The van der Waals surface area contributed by atoms with Gasteiger partial charge in [-0.25, -0.2) is 0 Å². The van der Waals surface area contributed by atoms with Gasteiger partial charge in [-0.05, 0) is 0 Å². The van der Waals surface area contributed by atoms with Crippen LogP contribution in [0, 0.1) is 0 Å². The van der Waals surface area contributed by atoms with Crippen LogP contribution in [0.3, 0.4) is 0 Å². The molecule has 0 saturated heterocycles. The second-order valence-corrected chi connectivity index (χ2v) is 20.1. The van der Waals surface area contributed by atoms with Crippen molar-refractivity contribution in [3.8, 4) is 11.5 Å². The summed E-state index contributed by atoms with van der Waals surface area (Å²) < 4.78 is 15.0. The minimum absolute atomic E-state index is 0.103. The van der Waals surface area contributed by atoms with Crippen LogP contribution < -0.4 is 16.6 Å². The van der Waals surface area contributed by atoms with Gasteiger partial charge in [-0.1, -0.05) is 0 Å². The molecule has 3 heteroatoms. The molecular formula is C25H30O2Sn. The van der Waals surface area contributed by atoms with E-state index < -0.39 is 18.4 Å². The molecule has 3 rings (SSSR count). The van der Waals surface area contributed by atoms with Gasteiger partial charge in [0.1, 0.15) is 0 Å². The van der Waals surface area contributed by atoms with Gasteiger partial charge >= 0.3 is 174 Å². The fourth-order valence-electron chi connectivity index (χ4n) is 4.16. The number of ether oxygens (including phenoxy) is 2. The first kappa shape index (κ1) is 20.8. The fourth-order valence-corrected chi connectivity index (χ4v) is 17.1. The Morgan fingerprint density at radius 1 is 0.679 bits per heavy atom. The van der Waals surface area contributed by atoms with Gasteiger partial charge in [0.05, 0.1) is 0 Å². The van der Waals surface area contributed by atoms with Gasteiger partial charge in [-0.2, -0.15) is 0 Å². The molecule has 0 aromatic heterocycles. The van der Waals surface area contributed by atoms with Crippen LogP contribution in [0.1, 0.15) is 19.4 Å². The molecular weight excluding hydrogens is 451 g/mol. The van der Waals surface area contributed by atoms with Crippen LogP contribution in [0.4, 0.5) is 0 Å². The molecule has 0 heterocycles. The first-order chi connectivity index (χ1) is 13.4. The first-order valence-corrected chi connectivity index (χ1v) is 17.5. The molecule has 0 unspecified atom stereocenters. The van der Waals surface area contributed by atoms with Crippen molar-refractivity contribution in [1.82, 2.24) is 0 Å². The summed E-state index contributed by atoms with van der Waals surface area (Å²) in [7, 11) is 3.44. The van der Waals surface area contributed by atoms with Crippen molar-refractivity contribution < 1.29 is 9.47 Å². The van der Waals surface area contributed by atoms with Crippen LogP contribution in [0.25, 0.3) is 0 Å². The third kappa shape index (κ3) is 4.38. The molecule has 0 atom stereocenters. The number of benzene rings is 3. The Balaban J connectivity index is 2.07. The Kier molecular flexibility index (Phi) is 6.39. The van der Waals surface area contributed by atoms with Crippen molar-refractivity contribution in [2.24, 2.45) is 0 Å². The molecule has 2 nitrogen and oxygen atoms in total. The van der Waals surface area contributed by atoms with Crippen molar-refractivity contribution in [2.45, 2.75) is 28.6 Å². The van der Waals surface area contributed by atoms with Gasteiger partial charge in [0, 0.05) is 0 Å². The van der Waals surface area contributed by atoms with Crippen molar-refractivity contribution in [1.29, 1.82) is 0 Å². The van der Waals surface area contributed by atoms with E-state index in [4.69, 9.17) is 9.47 Å². The van der Waals surface area contributed by atoms with Crippen LogP contribution in [0.5, 0.6) is 11.5 Å². The molecule has 0 aliphatic heterocycles. The quantitative estimate of drug-likeness (QED) is 0.449. The van der Waals surface area contributed by atoms with Gasteiger partial charge in [0.2, 0.25) is 0 Å². The number of rotatable bonds is 7. The summed E-state index contributed by atoms with van der Waals surface area (Å²) in [6, 6.07) is 28.4. The molecule has 0 N–H and O–H groups in total. The predicted molar refractivity (Wildman–Crippen MR) is 121 cm³/mol. The Bertz CT molecular complexity index is 837. The van der Waals surface area contributed by atoms with E-state index in [0.29, 0.717) is 0 Å². The van der Waals surface area contributed by atoms with Crippen molar-refractivity contribution in [2.75, 3.05) is 14.2 Å². The van der Waals surface area contributed by atoms with E-state index in [9.17, 15) is 0 Å². The summed E-state index contributed by atoms with van der Waals surface area (Å²) in [4.78, 5) is 2.54. The molecule has 3 aromatic rings. The third-order valence-corrected chi connectivity index (χ3v) is 19.5. The predicted octanol–water partition coefficient (Wildman–Crippen LogP) is 4.87. The molecule has 0 amide bonds. The van der Waals surface area contributed by atoms with Crippen molar-refractivity contribution in [3.63, 3.8) is 0 Å². The van der Waals surface area contributed by atoms with Gasteiger partial charge in [-0.15, -0.1) is 0 Å². The number of hydrogen-bond donors (Lipinski definition) is 0. The second-order valence-electron chi connectivity index (χ2n) is 8.22. The zero-order chi connectivity index (χ0) is 20.2. The zero-order valence-corrected chi connectivity index (χ0v) is 20.4. The maximum atomic E-state index is 5.39. The molecule has 0 saturated carbocycles. The Hall–Kier alpha value is -1.94. The fraction of sp³-hybridized carbons (Fsp3) is 0.280. The van der Waals surface area contributed by atoms with Gasteiger partial charge in [0.25, 0.3) is 0 Å². The summed E-state index contributed by atoms with van der Waals surface area (Å²) in [5.74, 6) is 1.82. The second kappa shape index (κ2) is 8.60. The number of methoxy groups -OCH3 is 2. The standard InChI is InChI=1S/C10H13.2C7H7O.CH3.Sn/c1-10(2,3)9-7-5-4-6-8-9;2*1-8-7-5-3-2-4-6-7;;/h4-8H,1H2,2-3H3;2*3-6H,1H3;1H3;. The zero-order valence-electron chi connectivity index (χ0n) is 17.5. The Morgan fingerprint density at radius 2 is 1.11 bits per heavy atom. The summed E-state index contributed by atoms with van der Waals surface area (Å²) in [6.45, 7) is 4.76. The first-order valence-electron chi connectivity index (χ1n) is 9.74. The molecule has 146 valence electrons. The van der Waals surface area contributed by atoms with E-state index >= 15 is 0 Å². The monoisotopic (exact) mass is 482 g/mol. The Morgan fingerprint density at radius 3 is 1.50 bits per heavy atom. The van der Waals surface area contributed by atoms with E-state index in [1.165, 1.54) is 17.2 Å². The molecule has 0 spiro atoms. The maximum absolute atomic E-state index is 5.39. The van der Waals surface area contributed by atoms with E-state index in [-0.39, 0.29) is 5.41 Å². The van der Waals surface area contributed by atoms with Crippen molar-refractivity contribution >= 4 is 25.5 Å². The SMILES string of the molecule is COc1cc[c]([Sn]([CH3])([CH2]C(C)(C)c2ccccc2)[c]2ccc(OC)cc2)cc1. The summed E-state index contributed by atoms with van der Waals surface area (Å²) >= 11 is -2.95. The van der Waals surface area contributed by atoms with Crippen LogP contribution in [0.2, 0.25) is 9.38 Å². The normalized spacial score (nSPS) is 11.9. The molecule has 0 aliphatic rings.